The molecule has 0 aliphatic carbocycles. The quantitative estimate of drug-likeness (QED) is 0.818. The highest BCUT2D eigenvalue weighted by molar-refractivity contribution is 5.85. The van der Waals surface area contributed by atoms with E-state index in [1.54, 1.807) is 0 Å². The van der Waals surface area contributed by atoms with Gasteiger partial charge in [-0.3, -0.25) is 4.79 Å². The Hall–Kier alpha value is -0.320. The molecule has 0 saturated carbocycles. The van der Waals surface area contributed by atoms with Crippen LogP contribution in [0.2, 0.25) is 0 Å². The number of hydrogen-bond acceptors (Lipinski definition) is 3. The van der Waals surface area contributed by atoms with Gasteiger partial charge in [0.25, 0.3) is 0 Å². The van der Waals surface area contributed by atoms with Crippen LogP contribution in [-0.2, 0) is 9.53 Å². The minimum absolute atomic E-state index is 0. The van der Waals surface area contributed by atoms with Gasteiger partial charge in [0.1, 0.15) is 0 Å². The lowest BCUT2D eigenvalue weighted by atomic mass is 9.94. The number of amides is 1. The van der Waals surface area contributed by atoms with Gasteiger partial charge in [0, 0.05) is 32.2 Å². The molecule has 0 aromatic carbocycles. The zero-order valence-corrected chi connectivity index (χ0v) is 11.8. The number of rotatable bonds is 4. The lowest BCUT2D eigenvalue weighted by Gasteiger charge is -2.25. The molecule has 5 heteroatoms. The molecular formula is C13H25ClN2O2. The van der Waals surface area contributed by atoms with Crippen molar-refractivity contribution in [2.24, 2.45) is 5.92 Å². The summed E-state index contributed by atoms with van der Waals surface area (Å²) in [6, 6.07) is 0.353. The highest BCUT2D eigenvalue weighted by Crippen LogP contribution is 2.19. The maximum atomic E-state index is 11.8. The second kappa shape index (κ2) is 8.73. The van der Waals surface area contributed by atoms with E-state index in [1.165, 1.54) is 6.42 Å². The van der Waals surface area contributed by atoms with Crippen LogP contribution in [-0.4, -0.2) is 38.3 Å². The molecule has 2 fully saturated rings. The van der Waals surface area contributed by atoms with E-state index in [0.717, 1.165) is 52.0 Å². The molecule has 2 heterocycles. The van der Waals surface area contributed by atoms with Gasteiger partial charge in [-0.05, 0) is 44.6 Å². The fourth-order valence-electron chi connectivity index (χ4n) is 2.65. The van der Waals surface area contributed by atoms with Crippen LogP contribution in [0.5, 0.6) is 0 Å². The maximum absolute atomic E-state index is 11.8. The fraction of sp³-hybridized carbons (Fsp3) is 0.923. The highest BCUT2D eigenvalue weighted by Gasteiger charge is 2.18. The third-order valence-corrected chi connectivity index (χ3v) is 3.78. The Balaban J connectivity index is 0.00000162. The van der Waals surface area contributed by atoms with Crippen molar-refractivity contribution in [3.63, 3.8) is 0 Å². The lowest BCUT2D eigenvalue weighted by Crippen LogP contribution is -2.45. The summed E-state index contributed by atoms with van der Waals surface area (Å²) in [6.45, 7) is 3.77. The van der Waals surface area contributed by atoms with Crippen molar-refractivity contribution in [1.29, 1.82) is 0 Å². The van der Waals surface area contributed by atoms with Gasteiger partial charge in [0.2, 0.25) is 5.91 Å². The molecule has 0 bridgehead atoms. The van der Waals surface area contributed by atoms with E-state index in [0.29, 0.717) is 18.4 Å². The van der Waals surface area contributed by atoms with E-state index in [1.807, 2.05) is 0 Å². The minimum Gasteiger partial charge on any atom is -0.381 e. The van der Waals surface area contributed by atoms with Crippen LogP contribution < -0.4 is 10.6 Å². The summed E-state index contributed by atoms with van der Waals surface area (Å²) in [4.78, 5) is 11.8. The zero-order valence-electron chi connectivity index (χ0n) is 11.0. The molecule has 2 saturated heterocycles. The second-order valence-electron chi connectivity index (χ2n) is 5.21. The van der Waals surface area contributed by atoms with Crippen LogP contribution in [0.3, 0.4) is 0 Å². The molecular weight excluding hydrogens is 252 g/mol. The Morgan fingerprint density at radius 2 is 2.06 bits per heavy atom. The van der Waals surface area contributed by atoms with E-state index in [2.05, 4.69) is 10.6 Å². The number of carbonyl (C=O) groups is 1. The summed E-state index contributed by atoms with van der Waals surface area (Å²) in [6.07, 6.45) is 6.24. The second-order valence-corrected chi connectivity index (χ2v) is 5.21. The van der Waals surface area contributed by atoms with E-state index in [4.69, 9.17) is 4.74 Å². The molecule has 2 N–H and O–H groups in total. The Bertz CT molecular complexity index is 239. The molecule has 4 nitrogen and oxygen atoms in total. The SMILES string of the molecule is Cl.O=C(CCC1CCOCC1)N[C@H]1CCCNC1. The number of ether oxygens (including phenoxy) is 1. The summed E-state index contributed by atoms with van der Waals surface area (Å²) < 4.78 is 5.32. The number of hydrogen-bond donors (Lipinski definition) is 2. The van der Waals surface area contributed by atoms with Gasteiger partial charge < -0.3 is 15.4 Å². The normalized spacial score (nSPS) is 25.2. The van der Waals surface area contributed by atoms with Crippen molar-refractivity contribution in [3.05, 3.63) is 0 Å². The van der Waals surface area contributed by atoms with Crippen molar-refractivity contribution in [3.8, 4) is 0 Å². The first-order chi connectivity index (χ1) is 8.34. The lowest BCUT2D eigenvalue weighted by molar-refractivity contribution is -0.122. The largest absolute Gasteiger partial charge is 0.381 e. The topological polar surface area (TPSA) is 50.4 Å². The van der Waals surface area contributed by atoms with Crippen LogP contribution in [0.15, 0.2) is 0 Å². The Labute approximate surface area is 116 Å². The van der Waals surface area contributed by atoms with Crippen LogP contribution in [0.1, 0.15) is 38.5 Å². The van der Waals surface area contributed by atoms with Gasteiger partial charge in [-0.15, -0.1) is 12.4 Å². The molecule has 2 aliphatic rings. The molecule has 18 heavy (non-hydrogen) atoms. The molecule has 0 unspecified atom stereocenters. The molecule has 2 rings (SSSR count). The first kappa shape index (κ1) is 15.7. The predicted octanol–water partition coefficient (Wildman–Crippen LogP) is 1.48. The standard InChI is InChI=1S/C13H24N2O2.ClH/c16-13(15-12-2-1-7-14-10-12)4-3-11-5-8-17-9-6-11;/h11-12,14H,1-10H2,(H,15,16);1H/t12-;/m0./s1. The van der Waals surface area contributed by atoms with Crippen LogP contribution in [0, 0.1) is 5.92 Å². The minimum atomic E-state index is 0. The van der Waals surface area contributed by atoms with Gasteiger partial charge >= 0.3 is 0 Å². The van der Waals surface area contributed by atoms with E-state index in [9.17, 15) is 4.79 Å². The smallest absolute Gasteiger partial charge is 0.220 e. The average Bonchev–Trinajstić information content (AvgIpc) is 2.39. The number of nitrogens with one attached hydrogen (secondary N) is 2. The first-order valence-electron chi connectivity index (χ1n) is 6.92. The number of carbonyl (C=O) groups excluding carboxylic acids is 1. The molecule has 0 aromatic heterocycles. The van der Waals surface area contributed by atoms with Gasteiger partial charge in [0.05, 0.1) is 0 Å². The van der Waals surface area contributed by atoms with Crippen molar-refractivity contribution >= 4 is 18.3 Å². The van der Waals surface area contributed by atoms with Crippen molar-refractivity contribution in [2.45, 2.75) is 44.6 Å². The molecule has 1 atom stereocenters. The number of halogens is 1. The molecule has 2 aliphatic heterocycles. The first-order valence-corrected chi connectivity index (χ1v) is 6.92. The van der Waals surface area contributed by atoms with Crippen molar-refractivity contribution in [2.75, 3.05) is 26.3 Å². The zero-order chi connectivity index (χ0) is 11.9. The molecule has 106 valence electrons. The fourth-order valence-corrected chi connectivity index (χ4v) is 2.65. The third kappa shape index (κ3) is 5.55. The summed E-state index contributed by atoms with van der Waals surface area (Å²) in [7, 11) is 0. The van der Waals surface area contributed by atoms with E-state index >= 15 is 0 Å². The van der Waals surface area contributed by atoms with Crippen LogP contribution in [0.25, 0.3) is 0 Å². The van der Waals surface area contributed by atoms with Gasteiger partial charge in [0.15, 0.2) is 0 Å². The van der Waals surface area contributed by atoms with Crippen LogP contribution >= 0.6 is 12.4 Å². The molecule has 1 amide bonds. The Kier molecular flexibility index (Phi) is 7.63. The van der Waals surface area contributed by atoms with Gasteiger partial charge in [-0.1, -0.05) is 0 Å². The van der Waals surface area contributed by atoms with Gasteiger partial charge in [-0.25, -0.2) is 0 Å². The molecule has 0 spiro atoms. The molecule has 0 radical (unpaired) electrons. The Morgan fingerprint density at radius 1 is 1.28 bits per heavy atom. The van der Waals surface area contributed by atoms with Gasteiger partial charge in [-0.2, -0.15) is 0 Å². The summed E-state index contributed by atoms with van der Waals surface area (Å²) in [5, 5.41) is 6.44. The summed E-state index contributed by atoms with van der Waals surface area (Å²) >= 11 is 0. The number of piperidine rings is 1. The van der Waals surface area contributed by atoms with Crippen molar-refractivity contribution in [1.82, 2.24) is 10.6 Å². The summed E-state index contributed by atoms with van der Waals surface area (Å²) in [5.74, 6) is 0.921. The van der Waals surface area contributed by atoms with E-state index < -0.39 is 0 Å². The molecule has 0 aromatic rings. The highest BCUT2D eigenvalue weighted by atomic mass is 35.5. The maximum Gasteiger partial charge on any atom is 0.220 e. The predicted molar refractivity (Wildman–Crippen MR) is 74.1 cm³/mol. The van der Waals surface area contributed by atoms with Crippen LogP contribution in [0.4, 0.5) is 0 Å². The van der Waals surface area contributed by atoms with E-state index in [-0.39, 0.29) is 18.3 Å². The summed E-state index contributed by atoms with van der Waals surface area (Å²) in [5.41, 5.74) is 0. The average molecular weight is 277 g/mol. The Morgan fingerprint density at radius 3 is 2.72 bits per heavy atom. The van der Waals surface area contributed by atoms with Crippen molar-refractivity contribution < 1.29 is 9.53 Å². The monoisotopic (exact) mass is 276 g/mol. The third-order valence-electron chi connectivity index (χ3n) is 3.78.